The number of hydrogen-bond acceptors (Lipinski definition) is 4. The van der Waals surface area contributed by atoms with E-state index in [1.165, 1.54) is 6.20 Å². The smallest absolute Gasteiger partial charge is 0.348 e. The van der Waals surface area contributed by atoms with Crippen molar-refractivity contribution in [3.05, 3.63) is 59.2 Å². The Hall–Kier alpha value is -2.48. The summed E-state index contributed by atoms with van der Waals surface area (Å²) in [6.45, 7) is 7.94. The predicted octanol–water partition coefficient (Wildman–Crippen LogP) is 3.95. The van der Waals surface area contributed by atoms with E-state index in [0.29, 0.717) is 11.3 Å². The van der Waals surface area contributed by atoms with E-state index in [0.717, 1.165) is 11.3 Å². The highest BCUT2D eigenvalue weighted by atomic mass is 19.4. The normalized spacial score (nSPS) is 11.4. The van der Waals surface area contributed by atoms with Crippen molar-refractivity contribution in [3.8, 4) is 0 Å². The van der Waals surface area contributed by atoms with E-state index in [9.17, 15) is 18.0 Å². The van der Waals surface area contributed by atoms with Crippen LogP contribution in [-0.4, -0.2) is 27.6 Å². The largest absolute Gasteiger partial charge is 0.389 e. The lowest BCUT2D eigenvalue weighted by Gasteiger charge is -2.08. The Kier molecular flexibility index (Phi) is 8.56. The van der Waals surface area contributed by atoms with Gasteiger partial charge in [0.1, 0.15) is 0 Å². The molecule has 0 aliphatic rings. The zero-order valence-corrected chi connectivity index (χ0v) is 16.6. The number of carbonyl (C=O) groups is 1. The molecule has 2 rings (SSSR count). The number of nitrogens with two attached hydrogens (primary N) is 1. The standard InChI is InChI=1S/C16H16F3N3O.C4H11N/c1-11-8-13(5-7-20-11)15(23)22-10-12-2-3-14(21-9-12)4-6-16(17,18)19;1-4(2,3)5/h2-3,5,7-9H,4,6,10H2,1H3,(H,22,23);5H2,1-3H3. The van der Waals surface area contributed by atoms with Crippen molar-refractivity contribution >= 4 is 5.91 Å². The van der Waals surface area contributed by atoms with Gasteiger partial charge in [-0.15, -0.1) is 0 Å². The van der Waals surface area contributed by atoms with E-state index < -0.39 is 12.6 Å². The SMILES string of the molecule is CC(C)(C)N.Cc1cc(C(=O)NCc2ccc(CCC(F)(F)F)nc2)ccn1. The first kappa shape index (κ1) is 23.6. The molecule has 2 heterocycles. The molecule has 0 aliphatic heterocycles. The number of amides is 1. The molecule has 1 amide bonds. The topological polar surface area (TPSA) is 80.9 Å². The number of hydrogen-bond donors (Lipinski definition) is 2. The highest BCUT2D eigenvalue weighted by molar-refractivity contribution is 5.94. The third-order valence-electron chi connectivity index (χ3n) is 3.16. The summed E-state index contributed by atoms with van der Waals surface area (Å²) in [7, 11) is 0. The number of halogens is 3. The first-order chi connectivity index (χ1) is 12.8. The van der Waals surface area contributed by atoms with Crippen LogP contribution in [0.2, 0.25) is 0 Å². The lowest BCUT2D eigenvalue weighted by molar-refractivity contribution is -0.134. The highest BCUT2D eigenvalue weighted by Gasteiger charge is 2.26. The summed E-state index contributed by atoms with van der Waals surface area (Å²) in [4.78, 5) is 20.0. The van der Waals surface area contributed by atoms with Crippen molar-refractivity contribution in [1.82, 2.24) is 15.3 Å². The van der Waals surface area contributed by atoms with Crippen LogP contribution in [-0.2, 0) is 13.0 Å². The molecule has 2 aromatic heterocycles. The molecule has 0 fully saturated rings. The van der Waals surface area contributed by atoms with Crippen LogP contribution < -0.4 is 11.1 Å². The molecule has 3 N–H and O–H groups in total. The average Bonchev–Trinajstić information content (AvgIpc) is 2.56. The molecule has 8 heteroatoms. The number of nitrogens with zero attached hydrogens (tertiary/aromatic N) is 2. The molecule has 0 radical (unpaired) electrons. The molecule has 0 spiro atoms. The zero-order valence-electron chi connectivity index (χ0n) is 16.6. The minimum absolute atomic E-state index is 0. The number of nitrogens with one attached hydrogen (secondary N) is 1. The van der Waals surface area contributed by atoms with Crippen LogP contribution in [0.25, 0.3) is 0 Å². The Labute approximate surface area is 163 Å². The number of aryl methyl sites for hydroxylation is 2. The van der Waals surface area contributed by atoms with Gasteiger partial charge in [0.25, 0.3) is 5.91 Å². The van der Waals surface area contributed by atoms with Gasteiger partial charge in [-0.1, -0.05) is 6.07 Å². The molecular formula is C20H27F3N4O. The first-order valence-corrected chi connectivity index (χ1v) is 8.84. The van der Waals surface area contributed by atoms with Crippen LogP contribution >= 0.6 is 0 Å². The number of aromatic nitrogens is 2. The maximum atomic E-state index is 12.1. The first-order valence-electron chi connectivity index (χ1n) is 8.84. The molecule has 2 aromatic rings. The van der Waals surface area contributed by atoms with Crippen molar-refractivity contribution < 1.29 is 18.0 Å². The molecule has 0 unspecified atom stereocenters. The maximum Gasteiger partial charge on any atom is 0.389 e. The van der Waals surface area contributed by atoms with Gasteiger partial charge in [0.15, 0.2) is 0 Å². The monoisotopic (exact) mass is 396 g/mol. The molecular weight excluding hydrogens is 369 g/mol. The van der Waals surface area contributed by atoms with Crippen LogP contribution in [0.15, 0.2) is 36.7 Å². The molecule has 0 aliphatic carbocycles. The van der Waals surface area contributed by atoms with Crippen molar-refractivity contribution in [2.75, 3.05) is 0 Å². The van der Waals surface area contributed by atoms with Gasteiger partial charge >= 0.3 is 6.18 Å². The maximum absolute atomic E-state index is 12.1. The van der Waals surface area contributed by atoms with Gasteiger partial charge in [-0.2, -0.15) is 13.2 Å². The zero-order chi connectivity index (χ0) is 21.4. The lowest BCUT2D eigenvalue weighted by Crippen LogP contribution is -2.26. The molecule has 5 nitrogen and oxygen atoms in total. The summed E-state index contributed by atoms with van der Waals surface area (Å²) in [5.74, 6) is -0.239. The van der Waals surface area contributed by atoms with E-state index in [1.807, 2.05) is 20.8 Å². The number of rotatable bonds is 5. The number of alkyl halides is 3. The Morgan fingerprint density at radius 1 is 1.14 bits per heavy atom. The molecule has 0 saturated heterocycles. The van der Waals surface area contributed by atoms with Crippen LogP contribution in [0.1, 0.15) is 54.5 Å². The molecule has 0 saturated carbocycles. The summed E-state index contributed by atoms with van der Waals surface area (Å²) in [5, 5.41) is 2.73. The van der Waals surface area contributed by atoms with E-state index >= 15 is 0 Å². The van der Waals surface area contributed by atoms with Crippen LogP contribution in [0, 0.1) is 6.92 Å². The minimum Gasteiger partial charge on any atom is -0.348 e. The quantitative estimate of drug-likeness (QED) is 0.802. The summed E-state index contributed by atoms with van der Waals surface area (Å²) in [6.07, 6.45) is -2.19. The van der Waals surface area contributed by atoms with Crippen LogP contribution in [0.5, 0.6) is 0 Å². The van der Waals surface area contributed by atoms with Gasteiger partial charge in [0.2, 0.25) is 0 Å². The van der Waals surface area contributed by atoms with Crippen molar-refractivity contribution in [1.29, 1.82) is 0 Å². The summed E-state index contributed by atoms with van der Waals surface area (Å²) in [6, 6.07) is 6.50. The molecule has 0 atom stereocenters. The Morgan fingerprint density at radius 2 is 1.79 bits per heavy atom. The highest BCUT2D eigenvalue weighted by Crippen LogP contribution is 2.21. The van der Waals surface area contributed by atoms with Gasteiger partial charge in [0.05, 0.1) is 0 Å². The Bertz CT molecular complexity index is 747. The van der Waals surface area contributed by atoms with Gasteiger partial charge in [-0.05, 0) is 57.9 Å². The number of pyridine rings is 2. The van der Waals surface area contributed by atoms with Crippen molar-refractivity contribution in [2.45, 2.75) is 58.8 Å². The second-order valence-electron chi connectivity index (χ2n) is 7.51. The van der Waals surface area contributed by atoms with Crippen LogP contribution in [0.3, 0.4) is 0 Å². The van der Waals surface area contributed by atoms with E-state index in [4.69, 9.17) is 5.73 Å². The summed E-state index contributed by atoms with van der Waals surface area (Å²) < 4.78 is 36.4. The van der Waals surface area contributed by atoms with E-state index in [-0.39, 0.29) is 24.4 Å². The second-order valence-corrected chi connectivity index (χ2v) is 7.51. The second kappa shape index (κ2) is 10.2. The summed E-state index contributed by atoms with van der Waals surface area (Å²) >= 11 is 0. The van der Waals surface area contributed by atoms with Crippen molar-refractivity contribution in [3.63, 3.8) is 0 Å². The number of carbonyl (C=O) groups excluding carboxylic acids is 1. The van der Waals surface area contributed by atoms with E-state index in [2.05, 4.69) is 15.3 Å². The van der Waals surface area contributed by atoms with Gasteiger partial charge in [-0.25, -0.2) is 0 Å². The molecule has 0 bridgehead atoms. The van der Waals surface area contributed by atoms with Gasteiger partial charge in [0, 0.05) is 47.8 Å². The minimum atomic E-state index is -4.18. The predicted molar refractivity (Wildman–Crippen MR) is 103 cm³/mol. The average molecular weight is 396 g/mol. The van der Waals surface area contributed by atoms with Crippen molar-refractivity contribution in [2.24, 2.45) is 5.73 Å². The third-order valence-corrected chi connectivity index (χ3v) is 3.16. The van der Waals surface area contributed by atoms with Crippen LogP contribution in [0.4, 0.5) is 13.2 Å². The molecule has 154 valence electrons. The molecule has 28 heavy (non-hydrogen) atoms. The third kappa shape index (κ3) is 11.3. The lowest BCUT2D eigenvalue weighted by atomic mass is 10.1. The fraction of sp³-hybridized carbons (Fsp3) is 0.450. The Morgan fingerprint density at radius 3 is 2.29 bits per heavy atom. The van der Waals surface area contributed by atoms with E-state index in [1.54, 1.807) is 37.4 Å². The van der Waals surface area contributed by atoms with Gasteiger partial charge < -0.3 is 11.1 Å². The Balaban J connectivity index is 0.000000696. The fourth-order valence-electron chi connectivity index (χ4n) is 1.95. The fourth-order valence-corrected chi connectivity index (χ4v) is 1.95. The summed E-state index contributed by atoms with van der Waals surface area (Å²) in [5.41, 5.74) is 7.70. The molecule has 0 aromatic carbocycles. The van der Waals surface area contributed by atoms with Gasteiger partial charge in [-0.3, -0.25) is 14.8 Å².